The monoisotopic (exact) mass is 504 g/mol. The van der Waals surface area contributed by atoms with E-state index in [9.17, 15) is 21.6 Å². The van der Waals surface area contributed by atoms with Crippen LogP contribution in [0.4, 0.5) is 0 Å². The molecule has 0 saturated heterocycles. The summed E-state index contributed by atoms with van der Waals surface area (Å²) in [5.41, 5.74) is 0.342. The van der Waals surface area contributed by atoms with Gasteiger partial charge in [-0.2, -0.15) is 8.42 Å². The summed E-state index contributed by atoms with van der Waals surface area (Å²) >= 11 is 5.74. The molecule has 2 aromatic carbocycles. The van der Waals surface area contributed by atoms with E-state index in [0.29, 0.717) is 17.1 Å². The Labute approximate surface area is 189 Å². The summed E-state index contributed by atoms with van der Waals surface area (Å²) in [5, 5.41) is -0.0767. The normalized spacial score (nSPS) is 16.5. The Morgan fingerprint density at radius 3 is 1.78 bits per heavy atom. The highest BCUT2D eigenvalue weighted by Gasteiger charge is 2.36. The van der Waals surface area contributed by atoms with Crippen molar-refractivity contribution in [3.8, 4) is 23.0 Å². The third kappa shape index (κ3) is 4.06. The van der Waals surface area contributed by atoms with Gasteiger partial charge in [-0.1, -0.05) is 11.6 Å². The zero-order valence-electron chi connectivity index (χ0n) is 17.1. The number of fused-ring (bicyclic) bond motifs is 2. The zero-order valence-corrected chi connectivity index (χ0v) is 19.5. The smallest absolute Gasteiger partial charge is 0.288 e. The molecule has 2 heterocycles. The molecule has 2 aromatic rings. The maximum absolute atomic E-state index is 11.7. The van der Waals surface area contributed by atoms with Crippen LogP contribution in [0.3, 0.4) is 0 Å². The summed E-state index contributed by atoms with van der Waals surface area (Å²) in [6, 6.07) is 5.75. The summed E-state index contributed by atoms with van der Waals surface area (Å²) in [7, 11) is -1.96. The van der Waals surface area contributed by atoms with Crippen molar-refractivity contribution in [2.45, 2.75) is 9.79 Å². The van der Waals surface area contributed by atoms with Crippen LogP contribution in [0.5, 0.6) is 23.0 Å². The third-order valence-electron chi connectivity index (χ3n) is 4.39. The number of carbonyl (C=O) groups excluding carboxylic acids is 1. The van der Waals surface area contributed by atoms with Crippen LogP contribution in [-0.4, -0.2) is 56.4 Å². The molecule has 32 heavy (non-hydrogen) atoms. The molecule has 14 heteroatoms. The Hall–Kier alpha value is -3.03. The molecule has 0 saturated carbocycles. The average Bonchev–Trinajstić information content (AvgIpc) is 3.14. The number of sulfonamides is 2. The Morgan fingerprint density at radius 2 is 1.28 bits per heavy atom. The number of benzene rings is 2. The Balaban J connectivity index is 0.000000181. The molecule has 0 aliphatic carbocycles. The first-order valence-electron chi connectivity index (χ1n) is 8.59. The van der Waals surface area contributed by atoms with E-state index < -0.39 is 26.0 Å². The minimum Gasteiger partial charge on any atom is -0.497 e. The van der Waals surface area contributed by atoms with Gasteiger partial charge in [0.2, 0.25) is 0 Å². The van der Waals surface area contributed by atoms with E-state index in [1.807, 2.05) is 4.72 Å². The molecule has 1 N–H and O–H groups in total. The summed E-state index contributed by atoms with van der Waals surface area (Å²) in [4.78, 5) is 11.3. The highest BCUT2D eigenvalue weighted by molar-refractivity contribution is 7.91. The molecule has 2 aliphatic heterocycles. The number of nitrogens with zero attached hydrogens (tertiary/aromatic N) is 1. The van der Waals surface area contributed by atoms with E-state index in [1.165, 1.54) is 52.7 Å². The molecule has 0 spiro atoms. The lowest BCUT2D eigenvalue weighted by Gasteiger charge is -2.08. The van der Waals surface area contributed by atoms with E-state index >= 15 is 0 Å². The zero-order chi connectivity index (χ0) is 23.8. The predicted molar refractivity (Wildman–Crippen MR) is 113 cm³/mol. The number of carbonyl (C=O) groups is 1. The molecule has 0 aromatic heterocycles. The first-order chi connectivity index (χ1) is 15.0. The van der Waals surface area contributed by atoms with Crippen molar-refractivity contribution in [3.05, 3.63) is 35.4 Å². The number of methoxy groups -OCH3 is 4. The van der Waals surface area contributed by atoms with Crippen LogP contribution in [0.25, 0.3) is 0 Å². The molecule has 11 nitrogen and oxygen atoms in total. The van der Waals surface area contributed by atoms with Crippen molar-refractivity contribution >= 4 is 42.7 Å². The lowest BCUT2D eigenvalue weighted by molar-refractivity contribution is 0.0984. The van der Waals surface area contributed by atoms with Gasteiger partial charge in [0, 0.05) is 17.7 Å². The highest BCUT2D eigenvalue weighted by atomic mass is 35.5. The third-order valence-corrected chi connectivity index (χ3v) is 7.55. The SMILES string of the molecule is COc1cc(OC)c2c(c1)C(=O)NS2(=O)=O.COc1cc(OC)c2c(c1)C(Cl)=NS2(=O)=O. The number of rotatable bonds is 4. The van der Waals surface area contributed by atoms with Crippen molar-refractivity contribution in [1.82, 2.24) is 4.72 Å². The van der Waals surface area contributed by atoms with E-state index in [2.05, 4.69) is 4.40 Å². The topological polar surface area (TPSA) is 147 Å². The van der Waals surface area contributed by atoms with E-state index in [1.54, 1.807) is 0 Å². The van der Waals surface area contributed by atoms with Crippen molar-refractivity contribution in [1.29, 1.82) is 0 Å². The minimum atomic E-state index is -3.80. The second-order valence-electron chi connectivity index (χ2n) is 6.20. The van der Waals surface area contributed by atoms with Crippen molar-refractivity contribution in [3.63, 3.8) is 0 Å². The van der Waals surface area contributed by atoms with Gasteiger partial charge in [-0.15, -0.1) is 4.40 Å². The van der Waals surface area contributed by atoms with E-state index in [-0.39, 0.29) is 32.0 Å². The fraction of sp³-hybridized carbons (Fsp3) is 0.222. The lowest BCUT2D eigenvalue weighted by Crippen LogP contribution is -2.20. The molecule has 1 amide bonds. The standard InChI is InChI=1S/C9H8ClNO4S.C9H9NO5S/c1-14-5-3-6-8(7(4-5)15-2)16(12,13)11-9(6)10;1-14-5-3-6-8(7(4-5)15-2)16(12,13)10-9(6)11/h3-4H,1-2H3;3-4H,1-2H3,(H,10,11). The first-order valence-corrected chi connectivity index (χ1v) is 11.9. The Morgan fingerprint density at radius 1 is 0.781 bits per heavy atom. The van der Waals surface area contributed by atoms with Gasteiger partial charge in [0.05, 0.1) is 34.0 Å². The number of ether oxygens (including phenoxy) is 4. The van der Waals surface area contributed by atoms with E-state index in [4.69, 9.17) is 30.5 Å². The maximum Gasteiger partial charge on any atom is 0.288 e. The van der Waals surface area contributed by atoms with Gasteiger partial charge in [0.25, 0.3) is 26.0 Å². The summed E-state index contributed by atoms with van der Waals surface area (Å²) in [6.45, 7) is 0. The fourth-order valence-corrected chi connectivity index (χ4v) is 6.00. The molecule has 172 valence electrons. The second-order valence-corrected chi connectivity index (χ2v) is 9.72. The molecule has 2 aliphatic rings. The second kappa shape index (κ2) is 8.48. The molecule has 0 radical (unpaired) electrons. The van der Waals surface area contributed by atoms with Crippen LogP contribution in [0.1, 0.15) is 15.9 Å². The molecule has 0 atom stereocenters. The first kappa shape index (κ1) is 23.6. The Bertz CT molecular complexity index is 1340. The van der Waals surface area contributed by atoms with E-state index in [0.717, 1.165) is 0 Å². The fourth-order valence-electron chi connectivity index (χ4n) is 2.99. The van der Waals surface area contributed by atoms with Gasteiger partial charge < -0.3 is 18.9 Å². The van der Waals surface area contributed by atoms with Gasteiger partial charge in [-0.25, -0.2) is 13.1 Å². The highest BCUT2D eigenvalue weighted by Crippen LogP contribution is 2.39. The van der Waals surface area contributed by atoms with Gasteiger partial charge in [0.1, 0.15) is 32.8 Å². The van der Waals surface area contributed by atoms with Gasteiger partial charge >= 0.3 is 0 Å². The number of halogens is 1. The number of nitrogens with one attached hydrogen (secondary N) is 1. The summed E-state index contributed by atoms with van der Waals surface area (Å²) < 4.78 is 71.6. The number of hydrogen-bond acceptors (Lipinski definition) is 9. The van der Waals surface area contributed by atoms with Crippen LogP contribution >= 0.6 is 11.6 Å². The predicted octanol–water partition coefficient (Wildman–Crippen LogP) is 1.53. The van der Waals surface area contributed by atoms with Gasteiger partial charge in [-0.3, -0.25) is 4.79 Å². The van der Waals surface area contributed by atoms with Crippen LogP contribution in [0, 0.1) is 0 Å². The maximum atomic E-state index is 11.7. The molecular weight excluding hydrogens is 488 g/mol. The van der Waals surface area contributed by atoms with Crippen molar-refractivity contribution in [2.24, 2.45) is 4.40 Å². The lowest BCUT2D eigenvalue weighted by atomic mass is 10.2. The van der Waals surface area contributed by atoms with Crippen molar-refractivity contribution < 1.29 is 40.6 Å². The Kier molecular flexibility index (Phi) is 6.26. The molecule has 0 fully saturated rings. The summed E-state index contributed by atoms with van der Waals surface area (Å²) in [5.74, 6) is 0.414. The quantitative estimate of drug-likeness (QED) is 0.654. The van der Waals surface area contributed by atoms with Crippen LogP contribution in [0.2, 0.25) is 0 Å². The number of hydrogen-bond donors (Lipinski definition) is 1. The molecule has 4 rings (SSSR count). The summed E-state index contributed by atoms with van der Waals surface area (Å²) in [6.07, 6.45) is 0. The van der Waals surface area contributed by atoms with Crippen LogP contribution in [-0.2, 0) is 20.0 Å². The van der Waals surface area contributed by atoms with Crippen LogP contribution in [0.15, 0.2) is 38.5 Å². The molecule has 0 bridgehead atoms. The minimum absolute atomic E-state index is 0.0131. The largest absolute Gasteiger partial charge is 0.497 e. The van der Waals surface area contributed by atoms with Crippen molar-refractivity contribution in [2.75, 3.05) is 28.4 Å². The van der Waals surface area contributed by atoms with Gasteiger partial charge in [0.15, 0.2) is 5.17 Å². The number of amides is 1. The average molecular weight is 505 g/mol. The molecule has 0 unspecified atom stereocenters. The van der Waals surface area contributed by atoms with Gasteiger partial charge in [-0.05, 0) is 12.1 Å². The molecular formula is C18H17ClN2O9S2. The van der Waals surface area contributed by atoms with Crippen LogP contribution < -0.4 is 23.7 Å².